The SMILES string of the molecule is Cc1nnc(SCC2=C(C(=O)[O-])N3C(=O)[C@@H](NC(=O)CS(=O)(=O)CC(F)(F)F)[C@H]3SC2)s1.[Na+]. The second-order valence-electron chi connectivity index (χ2n) is 6.72. The number of fused-ring (bicyclic) bond motifs is 1. The van der Waals surface area contributed by atoms with Gasteiger partial charge >= 0.3 is 35.7 Å². The van der Waals surface area contributed by atoms with Gasteiger partial charge in [0.05, 0.1) is 11.7 Å². The Morgan fingerprint density at radius 2 is 2.00 bits per heavy atom. The monoisotopic (exact) mass is 554 g/mol. The van der Waals surface area contributed by atoms with Gasteiger partial charge in [-0.2, -0.15) is 13.2 Å². The minimum Gasteiger partial charge on any atom is -0.543 e. The number of β-lactam (4-membered cyclic amide) rings is 1. The Hall–Kier alpha value is -0.850. The normalized spacial score (nSPS) is 20.6. The molecule has 1 saturated heterocycles. The van der Waals surface area contributed by atoms with Gasteiger partial charge in [-0.1, -0.05) is 23.1 Å². The molecule has 2 atom stereocenters. The summed E-state index contributed by atoms with van der Waals surface area (Å²) in [5, 5.41) is 21.4. The van der Waals surface area contributed by atoms with Crippen molar-refractivity contribution in [2.45, 2.75) is 28.9 Å². The van der Waals surface area contributed by atoms with Gasteiger partial charge in [-0.05, 0) is 12.5 Å². The maximum atomic E-state index is 12.5. The summed E-state index contributed by atoms with van der Waals surface area (Å²) >= 11 is 3.68. The van der Waals surface area contributed by atoms with Crippen LogP contribution in [0.2, 0.25) is 0 Å². The fourth-order valence-electron chi connectivity index (χ4n) is 2.98. The molecule has 0 aliphatic carbocycles. The first-order valence-electron chi connectivity index (χ1n) is 8.65. The third-order valence-corrected chi connectivity index (χ3v) is 9.04. The standard InChI is InChI=1S/C15H15F3N4O6S4.Na/c1-6-20-21-14(31-6)30-3-7-2-29-12-9(11(24)22(12)10(7)13(25)26)19-8(23)4-32(27,28)5-15(16,17)18;/h9,12H,2-5H2,1H3,(H,19,23)(H,25,26);/q;+1/p-1/t9-,12-;/m1./s1. The van der Waals surface area contributed by atoms with E-state index in [1.807, 2.05) is 0 Å². The van der Waals surface area contributed by atoms with Crippen molar-refractivity contribution in [3.05, 3.63) is 16.3 Å². The van der Waals surface area contributed by atoms with Crippen LogP contribution >= 0.6 is 34.9 Å². The number of carboxylic acids is 1. The Balaban J connectivity index is 0.00000385. The van der Waals surface area contributed by atoms with E-state index in [2.05, 4.69) is 15.5 Å². The van der Waals surface area contributed by atoms with Gasteiger partial charge in [0.2, 0.25) is 5.91 Å². The van der Waals surface area contributed by atoms with Gasteiger partial charge in [0.25, 0.3) is 5.91 Å². The Morgan fingerprint density at radius 1 is 1.33 bits per heavy atom. The number of sulfone groups is 1. The number of alkyl halides is 3. The zero-order valence-electron chi connectivity index (χ0n) is 17.0. The summed E-state index contributed by atoms with van der Waals surface area (Å²) in [5.74, 6) is -6.92. The predicted molar refractivity (Wildman–Crippen MR) is 107 cm³/mol. The van der Waals surface area contributed by atoms with Crippen LogP contribution in [0.25, 0.3) is 0 Å². The summed E-state index contributed by atoms with van der Waals surface area (Å²) in [5.41, 5.74) is 0.0534. The van der Waals surface area contributed by atoms with Crippen molar-refractivity contribution >= 4 is 62.5 Å². The number of aromatic nitrogens is 2. The molecule has 10 nitrogen and oxygen atoms in total. The Kier molecular flexibility index (Phi) is 9.31. The number of carboxylic acid groups (broad SMARTS) is 1. The molecule has 2 aliphatic heterocycles. The maximum absolute atomic E-state index is 12.5. The number of nitrogens with zero attached hydrogens (tertiary/aromatic N) is 3. The van der Waals surface area contributed by atoms with Crippen LogP contribution in [0.4, 0.5) is 13.2 Å². The van der Waals surface area contributed by atoms with Crippen molar-refractivity contribution < 1.29 is 70.6 Å². The minimum absolute atomic E-state index is 0. The third-order valence-electron chi connectivity index (χ3n) is 4.17. The number of aryl methyl sites for hydroxylation is 1. The number of aliphatic carboxylic acids is 1. The van der Waals surface area contributed by atoms with Gasteiger partial charge in [0.1, 0.15) is 27.9 Å². The van der Waals surface area contributed by atoms with E-state index in [9.17, 15) is 41.1 Å². The second-order valence-corrected chi connectivity index (χ2v) is 12.3. The van der Waals surface area contributed by atoms with E-state index in [1.165, 1.54) is 23.1 Å². The van der Waals surface area contributed by atoms with Gasteiger partial charge in [-0.3, -0.25) is 14.5 Å². The average Bonchev–Trinajstić information content (AvgIpc) is 3.06. The average molecular weight is 555 g/mol. The molecule has 0 spiro atoms. The van der Waals surface area contributed by atoms with Crippen LogP contribution in [0.1, 0.15) is 5.01 Å². The molecule has 1 aromatic rings. The van der Waals surface area contributed by atoms with Crippen molar-refractivity contribution in [3.8, 4) is 0 Å². The van der Waals surface area contributed by atoms with Crippen LogP contribution in [-0.4, -0.2) is 81.9 Å². The third kappa shape index (κ3) is 7.08. The van der Waals surface area contributed by atoms with Crippen molar-refractivity contribution in [2.24, 2.45) is 0 Å². The first-order chi connectivity index (χ1) is 14.8. The summed E-state index contributed by atoms with van der Waals surface area (Å²) in [6.45, 7) is 1.76. The van der Waals surface area contributed by atoms with Gasteiger partial charge in [0, 0.05) is 11.5 Å². The van der Waals surface area contributed by atoms with Gasteiger partial charge in [0.15, 0.2) is 14.2 Å². The second kappa shape index (κ2) is 10.8. The van der Waals surface area contributed by atoms with E-state index >= 15 is 0 Å². The molecule has 3 rings (SSSR count). The molecule has 1 fully saturated rings. The number of halogens is 3. The zero-order chi connectivity index (χ0) is 23.8. The van der Waals surface area contributed by atoms with E-state index in [0.29, 0.717) is 9.91 Å². The molecule has 0 unspecified atom stereocenters. The molecule has 18 heteroatoms. The molecule has 176 valence electrons. The summed E-state index contributed by atoms with van der Waals surface area (Å²) in [6.07, 6.45) is -5.00. The van der Waals surface area contributed by atoms with Crippen molar-refractivity contribution in [1.29, 1.82) is 0 Å². The van der Waals surface area contributed by atoms with E-state index in [1.54, 1.807) is 6.92 Å². The van der Waals surface area contributed by atoms with Crippen LogP contribution in [0.5, 0.6) is 0 Å². The smallest absolute Gasteiger partial charge is 0.543 e. The maximum Gasteiger partial charge on any atom is 1.00 e. The first-order valence-corrected chi connectivity index (χ1v) is 13.3. The largest absolute Gasteiger partial charge is 1.00 e. The molecule has 0 aromatic carbocycles. The number of thioether (sulfide) groups is 2. The van der Waals surface area contributed by atoms with Crippen LogP contribution in [0.15, 0.2) is 15.6 Å². The molecule has 2 aliphatic rings. The minimum atomic E-state index is -5.00. The van der Waals surface area contributed by atoms with Gasteiger partial charge in [-0.15, -0.1) is 22.0 Å². The van der Waals surface area contributed by atoms with E-state index in [-0.39, 0.29) is 46.8 Å². The van der Waals surface area contributed by atoms with Crippen molar-refractivity contribution in [3.63, 3.8) is 0 Å². The number of nitrogens with one attached hydrogen (secondary N) is 1. The van der Waals surface area contributed by atoms with Crippen LogP contribution < -0.4 is 40.0 Å². The molecular weight excluding hydrogens is 540 g/mol. The molecule has 33 heavy (non-hydrogen) atoms. The quantitative estimate of drug-likeness (QED) is 0.193. The van der Waals surface area contributed by atoms with E-state index in [4.69, 9.17) is 0 Å². The number of rotatable bonds is 8. The van der Waals surface area contributed by atoms with Crippen LogP contribution in [0, 0.1) is 6.92 Å². The summed E-state index contributed by atoms with van der Waals surface area (Å²) in [6, 6.07) is -1.26. The van der Waals surface area contributed by atoms with E-state index < -0.39 is 56.7 Å². The van der Waals surface area contributed by atoms with Gasteiger partial charge in [-0.25, -0.2) is 8.42 Å². The van der Waals surface area contributed by atoms with Gasteiger partial charge < -0.3 is 15.2 Å². The molecule has 1 N–H and O–H groups in total. The van der Waals surface area contributed by atoms with E-state index in [0.717, 1.165) is 21.7 Å². The molecule has 0 saturated carbocycles. The van der Waals surface area contributed by atoms with Crippen molar-refractivity contribution in [1.82, 2.24) is 20.4 Å². The number of hydrogen-bond donors (Lipinski definition) is 1. The topological polar surface area (TPSA) is 149 Å². The molecule has 1 aromatic heterocycles. The van der Waals surface area contributed by atoms with Crippen LogP contribution in [-0.2, 0) is 24.2 Å². The summed E-state index contributed by atoms with van der Waals surface area (Å²) in [7, 11) is -4.78. The Bertz CT molecular complexity index is 1090. The first kappa shape index (κ1) is 28.4. The fourth-order valence-corrected chi connectivity index (χ4v) is 7.37. The molecule has 0 bridgehead atoms. The van der Waals surface area contributed by atoms with Crippen molar-refractivity contribution in [2.75, 3.05) is 23.0 Å². The zero-order valence-corrected chi connectivity index (χ0v) is 22.3. The number of hydrogen-bond acceptors (Lipinski definition) is 11. The van der Waals surface area contributed by atoms with Crippen LogP contribution in [0.3, 0.4) is 0 Å². The number of carbonyl (C=O) groups excluding carboxylic acids is 3. The molecule has 3 heterocycles. The predicted octanol–water partition coefficient (Wildman–Crippen LogP) is -3.68. The number of amides is 2. The fraction of sp³-hybridized carbons (Fsp3) is 0.533. The molecular formula is C15H14F3N4NaO6S4. The number of carbonyl (C=O) groups is 3. The molecule has 2 amide bonds. The summed E-state index contributed by atoms with van der Waals surface area (Å²) in [4.78, 5) is 37.0. The Labute approximate surface area is 220 Å². The summed E-state index contributed by atoms with van der Waals surface area (Å²) < 4.78 is 60.5. The molecule has 0 radical (unpaired) electrons. The Morgan fingerprint density at radius 3 is 2.55 bits per heavy atom.